The molecule has 0 heterocycles. The molecule has 0 saturated heterocycles. The van der Waals surface area contributed by atoms with E-state index in [9.17, 15) is 4.79 Å². The third-order valence-electron chi connectivity index (χ3n) is 5.42. The lowest BCUT2D eigenvalue weighted by molar-refractivity contribution is 0.0697. The summed E-state index contributed by atoms with van der Waals surface area (Å²) >= 11 is 0. The van der Waals surface area contributed by atoms with Crippen LogP contribution in [0.1, 0.15) is 58.4 Å². The third kappa shape index (κ3) is 3.86. The Morgan fingerprint density at radius 2 is 1.55 bits per heavy atom. The van der Waals surface area contributed by atoms with Gasteiger partial charge in [0, 0.05) is 11.1 Å². The predicted octanol–water partition coefficient (Wildman–Crippen LogP) is 5.90. The Bertz CT molecular complexity index is 1150. The van der Waals surface area contributed by atoms with Gasteiger partial charge in [0.05, 0.1) is 5.56 Å². The van der Waals surface area contributed by atoms with E-state index < -0.39 is 5.97 Å². The molecule has 0 amide bonds. The van der Waals surface area contributed by atoms with Crippen LogP contribution in [0, 0.1) is 11.8 Å². The molecule has 1 N–H and O–H groups in total. The van der Waals surface area contributed by atoms with E-state index in [0.717, 1.165) is 17.5 Å². The van der Waals surface area contributed by atoms with Crippen molar-refractivity contribution in [2.75, 3.05) is 0 Å². The summed E-state index contributed by atoms with van der Waals surface area (Å²) < 4.78 is 0. The van der Waals surface area contributed by atoms with Crippen molar-refractivity contribution < 1.29 is 9.90 Å². The molecule has 0 aromatic heterocycles. The van der Waals surface area contributed by atoms with Gasteiger partial charge in [-0.25, -0.2) is 4.79 Å². The second kappa shape index (κ2) is 7.45. The Hall–Kier alpha value is -3.57. The monoisotopic (exact) mass is 378 g/mol. The number of carboxylic acid groups (broad SMARTS) is 1. The van der Waals surface area contributed by atoms with E-state index >= 15 is 0 Å². The smallest absolute Gasteiger partial charge is 0.335 e. The number of fused-ring (bicyclic) bond motifs is 1. The number of rotatable bonds is 2. The fourth-order valence-corrected chi connectivity index (χ4v) is 3.73. The van der Waals surface area contributed by atoms with Crippen molar-refractivity contribution in [3.63, 3.8) is 0 Å². The average molecular weight is 378 g/mol. The maximum absolute atomic E-state index is 11.0. The van der Waals surface area contributed by atoms with Gasteiger partial charge in [0.1, 0.15) is 0 Å². The highest BCUT2D eigenvalue weighted by Gasteiger charge is 2.28. The number of carboxylic acids is 1. The standard InChI is InChI=1S/C27H22O2/c1-27(2)17-16-23(21-6-4-3-5-7-21)24-15-12-20(18-25(24)27)9-8-19-10-13-22(14-11-19)26(28)29/h3-7,10-16,18H,17H2,1-2H3,(H,28,29). The zero-order valence-corrected chi connectivity index (χ0v) is 16.6. The maximum Gasteiger partial charge on any atom is 0.335 e. The molecule has 2 heteroatoms. The second-order valence-corrected chi connectivity index (χ2v) is 7.96. The van der Waals surface area contributed by atoms with Gasteiger partial charge >= 0.3 is 5.97 Å². The minimum absolute atomic E-state index is 0.0500. The van der Waals surface area contributed by atoms with Gasteiger partial charge in [0.15, 0.2) is 0 Å². The van der Waals surface area contributed by atoms with Gasteiger partial charge in [0.2, 0.25) is 0 Å². The van der Waals surface area contributed by atoms with Gasteiger partial charge in [-0.3, -0.25) is 0 Å². The minimum atomic E-state index is -0.927. The summed E-state index contributed by atoms with van der Waals surface area (Å²) in [6.45, 7) is 4.54. The van der Waals surface area contributed by atoms with E-state index in [-0.39, 0.29) is 11.0 Å². The van der Waals surface area contributed by atoms with Crippen molar-refractivity contribution in [3.8, 4) is 11.8 Å². The minimum Gasteiger partial charge on any atom is -0.478 e. The molecular weight excluding hydrogens is 356 g/mol. The second-order valence-electron chi connectivity index (χ2n) is 7.96. The van der Waals surface area contributed by atoms with Crippen LogP contribution in [0.5, 0.6) is 0 Å². The van der Waals surface area contributed by atoms with Crippen LogP contribution < -0.4 is 0 Å². The molecule has 142 valence electrons. The molecule has 29 heavy (non-hydrogen) atoms. The van der Waals surface area contributed by atoms with E-state index in [4.69, 9.17) is 5.11 Å². The molecule has 0 aliphatic heterocycles. The number of benzene rings is 3. The molecule has 0 spiro atoms. The van der Waals surface area contributed by atoms with Crippen LogP contribution in [-0.2, 0) is 5.41 Å². The Kier molecular flexibility index (Phi) is 4.82. The molecule has 1 aliphatic carbocycles. The summed E-state index contributed by atoms with van der Waals surface area (Å²) in [7, 11) is 0. The van der Waals surface area contributed by atoms with Gasteiger partial charge in [0.25, 0.3) is 0 Å². The highest BCUT2D eigenvalue weighted by molar-refractivity contribution is 5.87. The molecule has 0 fully saturated rings. The SMILES string of the molecule is CC1(C)CC=C(c2ccccc2)c2ccc(C#Cc3ccc(C(=O)O)cc3)cc21. The molecule has 0 saturated carbocycles. The van der Waals surface area contributed by atoms with Crippen LogP contribution in [0.3, 0.4) is 0 Å². The molecular formula is C27H22O2. The van der Waals surface area contributed by atoms with Crippen molar-refractivity contribution in [2.24, 2.45) is 0 Å². The Labute approximate surface area is 171 Å². The molecule has 3 aromatic rings. The first-order chi connectivity index (χ1) is 13.9. The quantitative estimate of drug-likeness (QED) is 0.564. The van der Waals surface area contributed by atoms with Crippen LogP contribution in [0.4, 0.5) is 0 Å². The lowest BCUT2D eigenvalue weighted by Gasteiger charge is -2.32. The Balaban J connectivity index is 1.69. The normalized spacial score (nSPS) is 14.2. The van der Waals surface area contributed by atoms with Gasteiger partial charge in [-0.1, -0.05) is 68.2 Å². The Morgan fingerprint density at radius 1 is 0.897 bits per heavy atom. The van der Waals surface area contributed by atoms with Crippen LogP contribution in [0.15, 0.2) is 78.9 Å². The first kappa shape index (κ1) is 18.8. The van der Waals surface area contributed by atoms with Crippen molar-refractivity contribution in [1.29, 1.82) is 0 Å². The number of hydrogen-bond acceptors (Lipinski definition) is 1. The van der Waals surface area contributed by atoms with Crippen LogP contribution in [0.25, 0.3) is 5.57 Å². The topological polar surface area (TPSA) is 37.3 Å². The molecule has 3 aromatic carbocycles. The lowest BCUT2D eigenvalue weighted by atomic mass is 9.72. The number of hydrogen-bond donors (Lipinski definition) is 1. The largest absolute Gasteiger partial charge is 0.478 e. The van der Waals surface area contributed by atoms with Gasteiger partial charge < -0.3 is 5.11 Å². The summed E-state index contributed by atoms with van der Waals surface area (Å²) in [5, 5.41) is 9.01. The predicted molar refractivity (Wildman–Crippen MR) is 117 cm³/mol. The van der Waals surface area contributed by atoms with E-state index in [1.54, 1.807) is 24.3 Å². The molecule has 0 unspecified atom stereocenters. The summed E-state index contributed by atoms with van der Waals surface area (Å²) in [4.78, 5) is 11.0. The molecule has 0 radical (unpaired) electrons. The van der Waals surface area contributed by atoms with E-state index in [0.29, 0.717) is 0 Å². The summed E-state index contributed by atoms with van der Waals surface area (Å²) in [5.41, 5.74) is 7.19. The van der Waals surface area contributed by atoms with Gasteiger partial charge in [-0.2, -0.15) is 0 Å². The summed E-state index contributed by atoms with van der Waals surface area (Å²) in [6.07, 6.45) is 3.32. The van der Waals surface area contributed by atoms with Crippen molar-refractivity contribution in [3.05, 3.63) is 112 Å². The van der Waals surface area contributed by atoms with E-state index in [1.807, 2.05) is 6.07 Å². The summed E-state index contributed by atoms with van der Waals surface area (Å²) in [5.74, 6) is 5.45. The molecule has 0 bridgehead atoms. The fraction of sp³-hybridized carbons (Fsp3) is 0.148. The zero-order valence-electron chi connectivity index (χ0n) is 16.6. The average Bonchev–Trinajstić information content (AvgIpc) is 2.73. The lowest BCUT2D eigenvalue weighted by Crippen LogP contribution is -2.22. The van der Waals surface area contributed by atoms with Crippen LogP contribution in [0.2, 0.25) is 0 Å². The molecule has 0 atom stereocenters. The maximum atomic E-state index is 11.0. The van der Waals surface area contributed by atoms with Gasteiger partial charge in [-0.15, -0.1) is 0 Å². The van der Waals surface area contributed by atoms with Crippen molar-refractivity contribution in [2.45, 2.75) is 25.7 Å². The van der Waals surface area contributed by atoms with Crippen molar-refractivity contribution in [1.82, 2.24) is 0 Å². The first-order valence-corrected chi connectivity index (χ1v) is 9.70. The fourth-order valence-electron chi connectivity index (χ4n) is 3.73. The van der Waals surface area contributed by atoms with E-state index in [1.165, 1.54) is 22.3 Å². The summed E-state index contributed by atoms with van der Waals surface area (Å²) in [6, 6.07) is 23.6. The molecule has 2 nitrogen and oxygen atoms in total. The van der Waals surface area contributed by atoms with Crippen LogP contribution >= 0.6 is 0 Å². The number of aromatic carboxylic acids is 1. The van der Waals surface area contributed by atoms with E-state index in [2.05, 4.69) is 74.2 Å². The van der Waals surface area contributed by atoms with Crippen molar-refractivity contribution >= 4 is 11.5 Å². The third-order valence-corrected chi connectivity index (χ3v) is 5.42. The number of carbonyl (C=O) groups is 1. The highest BCUT2D eigenvalue weighted by Crippen LogP contribution is 2.41. The first-order valence-electron chi connectivity index (χ1n) is 9.70. The van der Waals surface area contributed by atoms with Gasteiger partial charge in [-0.05, 0) is 70.5 Å². The number of allylic oxidation sites excluding steroid dienone is 1. The van der Waals surface area contributed by atoms with Crippen LogP contribution in [-0.4, -0.2) is 11.1 Å². The zero-order chi connectivity index (χ0) is 20.4. The highest BCUT2D eigenvalue weighted by atomic mass is 16.4. The molecule has 1 aliphatic rings. The molecule has 4 rings (SSSR count). The Morgan fingerprint density at radius 3 is 2.24 bits per heavy atom.